The van der Waals surface area contributed by atoms with Crippen molar-refractivity contribution in [2.45, 2.75) is 46.5 Å². The normalized spacial score (nSPS) is 10.9. The highest BCUT2D eigenvalue weighted by atomic mass is 16.5. The molecule has 0 unspecified atom stereocenters. The molecular formula is C12H22NO3. The molecule has 0 aromatic rings. The molecule has 4 heteroatoms. The third-order valence-electron chi connectivity index (χ3n) is 1.92. The lowest BCUT2D eigenvalue weighted by atomic mass is 9.99. The highest BCUT2D eigenvalue weighted by molar-refractivity contribution is 5.69. The van der Waals surface area contributed by atoms with E-state index < -0.39 is 0 Å². The number of carbonyl (C=O) groups is 1. The first-order chi connectivity index (χ1) is 7.45. The van der Waals surface area contributed by atoms with Crippen LogP contribution in [0.15, 0.2) is 0 Å². The lowest BCUT2D eigenvalue weighted by Gasteiger charge is -2.17. The number of hydrogen-bond donors (Lipinski definition) is 1. The Morgan fingerprint density at radius 3 is 2.50 bits per heavy atom. The van der Waals surface area contributed by atoms with Crippen LogP contribution in [0.25, 0.3) is 0 Å². The second kappa shape index (κ2) is 8.13. The summed E-state index contributed by atoms with van der Waals surface area (Å²) in [6, 6.07) is 0. The van der Waals surface area contributed by atoms with E-state index >= 15 is 0 Å². The predicted octanol–water partition coefficient (Wildman–Crippen LogP) is 1.79. The van der Waals surface area contributed by atoms with E-state index in [1.807, 2.05) is 20.8 Å². The third kappa shape index (κ3) is 11.0. The second-order valence-corrected chi connectivity index (χ2v) is 5.06. The molecule has 0 heterocycles. The van der Waals surface area contributed by atoms with Gasteiger partial charge >= 0.3 is 12.4 Å². The van der Waals surface area contributed by atoms with E-state index in [4.69, 9.17) is 4.74 Å². The van der Waals surface area contributed by atoms with Crippen LogP contribution >= 0.6 is 0 Å². The average Bonchev–Trinajstić information content (AvgIpc) is 2.19. The van der Waals surface area contributed by atoms with E-state index in [-0.39, 0.29) is 11.4 Å². The van der Waals surface area contributed by atoms with Gasteiger partial charge in [-0.3, -0.25) is 9.59 Å². The third-order valence-corrected chi connectivity index (χ3v) is 1.92. The van der Waals surface area contributed by atoms with Crippen LogP contribution in [-0.4, -0.2) is 25.5 Å². The van der Waals surface area contributed by atoms with Crippen LogP contribution in [0.4, 0.5) is 0 Å². The van der Waals surface area contributed by atoms with Crippen LogP contribution in [0.3, 0.4) is 0 Å². The Hall–Kier alpha value is -1.06. The molecule has 1 amide bonds. The molecule has 1 N–H and O–H groups in total. The number of amides is 1. The van der Waals surface area contributed by atoms with Gasteiger partial charge in [0.05, 0.1) is 6.61 Å². The summed E-state index contributed by atoms with van der Waals surface area (Å²) in [5.74, 6) is -0.134. The zero-order chi connectivity index (χ0) is 12.4. The average molecular weight is 228 g/mol. The Balaban J connectivity index is 3.34. The van der Waals surface area contributed by atoms with E-state index in [1.165, 1.54) is 0 Å². The van der Waals surface area contributed by atoms with Gasteiger partial charge in [0.15, 0.2) is 0 Å². The molecule has 4 nitrogen and oxygen atoms in total. The van der Waals surface area contributed by atoms with Crippen LogP contribution in [0, 0.1) is 5.41 Å². The summed E-state index contributed by atoms with van der Waals surface area (Å²) < 4.78 is 5.12. The molecule has 0 aromatic heterocycles. The smallest absolute Gasteiger partial charge is 0.309 e. The maximum absolute atomic E-state index is 11.3. The van der Waals surface area contributed by atoms with Gasteiger partial charge in [0.25, 0.3) is 0 Å². The van der Waals surface area contributed by atoms with Gasteiger partial charge in [-0.25, -0.2) is 0 Å². The molecule has 0 rings (SSSR count). The van der Waals surface area contributed by atoms with Gasteiger partial charge in [0.2, 0.25) is 0 Å². The molecule has 0 aliphatic rings. The minimum absolute atomic E-state index is 0.0272. The van der Waals surface area contributed by atoms with Gasteiger partial charge in [0, 0.05) is 13.0 Å². The van der Waals surface area contributed by atoms with Gasteiger partial charge in [-0.2, -0.15) is 0 Å². The minimum atomic E-state index is -0.134. The fourth-order valence-electron chi connectivity index (χ4n) is 1.08. The molecule has 0 aliphatic heterocycles. The largest absolute Gasteiger partial charge is 0.465 e. The Labute approximate surface area is 97.7 Å². The van der Waals surface area contributed by atoms with Crippen molar-refractivity contribution in [1.82, 2.24) is 5.32 Å². The molecule has 0 spiro atoms. The van der Waals surface area contributed by atoms with Crippen molar-refractivity contribution in [1.29, 1.82) is 0 Å². The Morgan fingerprint density at radius 1 is 1.25 bits per heavy atom. The minimum Gasteiger partial charge on any atom is -0.465 e. The summed E-state index contributed by atoms with van der Waals surface area (Å²) in [4.78, 5) is 21.1. The number of esters is 1. The van der Waals surface area contributed by atoms with Crippen molar-refractivity contribution in [3.63, 3.8) is 0 Å². The first-order valence-corrected chi connectivity index (χ1v) is 5.71. The van der Waals surface area contributed by atoms with Crippen LogP contribution < -0.4 is 5.32 Å². The van der Waals surface area contributed by atoms with Crippen LogP contribution in [0.5, 0.6) is 0 Å². The lowest BCUT2D eigenvalue weighted by Crippen LogP contribution is -2.18. The Kier molecular flexibility index (Phi) is 7.60. The topological polar surface area (TPSA) is 55.4 Å². The molecule has 0 saturated heterocycles. The van der Waals surface area contributed by atoms with Crippen molar-refractivity contribution >= 4 is 12.4 Å². The molecule has 93 valence electrons. The molecule has 0 aromatic carbocycles. The molecule has 1 radical (unpaired) electrons. The van der Waals surface area contributed by atoms with Crippen molar-refractivity contribution in [3.8, 4) is 0 Å². The molecular weight excluding hydrogens is 206 g/mol. The summed E-state index contributed by atoms with van der Waals surface area (Å²) in [5, 5.41) is 2.46. The molecule has 0 atom stereocenters. The van der Waals surface area contributed by atoms with Gasteiger partial charge in [-0.05, 0) is 18.3 Å². The summed E-state index contributed by atoms with van der Waals surface area (Å²) >= 11 is 0. The van der Waals surface area contributed by atoms with E-state index in [0.29, 0.717) is 19.6 Å². The maximum atomic E-state index is 11.3. The number of carbonyl (C=O) groups excluding carboxylic acids is 2. The second-order valence-electron chi connectivity index (χ2n) is 5.06. The van der Waals surface area contributed by atoms with Gasteiger partial charge in [-0.1, -0.05) is 27.2 Å². The monoisotopic (exact) mass is 228 g/mol. The fraction of sp³-hybridized carbons (Fsp3) is 0.833. The number of nitrogens with one attached hydrogen (secondary N) is 1. The summed E-state index contributed by atoms with van der Waals surface area (Å²) in [7, 11) is 0. The van der Waals surface area contributed by atoms with Gasteiger partial charge in [-0.15, -0.1) is 0 Å². The zero-order valence-corrected chi connectivity index (χ0v) is 10.5. The number of ether oxygens (including phenoxy) is 1. The van der Waals surface area contributed by atoms with E-state index in [0.717, 1.165) is 19.3 Å². The van der Waals surface area contributed by atoms with Crippen molar-refractivity contribution < 1.29 is 14.3 Å². The quantitative estimate of drug-likeness (QED) is 0.391. The van der Waals surface area contributed by atoms with Crippen LogP contribution in [0.2, 0.25) is 0 Å². The summed E-state index contributed by atoms with van der Waals surface area (Å²) in [6.07, 6.45) is 4.67. The molecule has 0 aliphatic carbocycles. The first kappa shape index (κ1) is 14.9. The first-order valence-electron chi connectivity index (χ1n) is 5.71. The van der Waals surface area contributed by atoms with E-state index in [2.05, 4.69) is 5.32 Å². The lowest BCUT2D eigenvalue weighted by molar-refractivity contribution is -0.146. The molecule has 16 heavy (non-hydrogen) atoms. The highest BCUT2D eigenvalue weighted by Crippen LogP contribution is 2.13. The Bertz CT molecular complexity index is 209. The Morgan fingerprint density at radius 2 is 1.94 bits per heavy atom. The zero-order valence-electron chi connectivity index (χ0n) is 10.5. The SMILES string of the molecule is CC(C)(C)COC(=O)CCCCCN[C]=O. The van der Waals surface area contributed by atoms with E-state index in [9.17, 15) is 9.59 Å². The van der Waals surface area contributed by atoms with Gasteiger partial charge in [0.1, 0.15) is 0 Å². The predicted molar refractivity (Wildman–Crippen MR) is 62.6 cm³/mol. The molecule has 0 fully saturated rings. The highest BCUT2D eigenvalue weighted by Gasteiger charge is 2.13. The number of rotatable bonds is 8. The standard InChI is InChI=1S/C12H22NO3/c1-12(2,3)9-16-11(15)7-5-4-6-8-13-10-14/h4-9H2,1-3H3,(H,13,14). The van der Waals surface area contributed by atoms with Gasteiger partial charge < -0.3 is 10.1 Å². The fourth-order valence-corrected chi connectivity index (χ4v) is 1.08. The van der Waals surface area contributed by atoms with Crippen molar-refractivity contribution in [2.75, 3.05) is 13.2 Å². The molecule has 0 saturated carbocycles. The van der Waals surface area contributed by atoms with Crippen LogP contribution in [0.1, 0.15) is 46.5 Å². The summed E-state index contributed by atoms with van der Waals surface area (Å²) in [5.41, 5.74) is 0.0272. The van der Waals surface area contributed by atoms with Crippen molar-refractivity contribution in [2.24, 2.45) is 5.41 Å². The van der Waals surface area contributed by atoms with E-state index in [1.54, 1.807) is 6.41 Å². The summed E-state index contributed by atoms with van der Waals surface area (Å²) in [6.45, 7) is 7.18. The van der Waals surface area contributed by atoms with Crippen molar-refractivity contribution in [3.05, 3.63) is 0 Å². The number of unbranched alkanes of at least 4 members (excludes halogenated alkanes) is 2. The maximum Gasteiger partial charge on any atom is 0.309 e. The molecule has 0 bridgehead atoms. The van der Waals surface area contributed by atoms with Crippen LogP contribution in [-0.2, 0) is 14.3 Å². The number of hydrogen-bond acceptors (Lipinski definition) is 3.